The highest BCUT2D eigenvalue weighted by Gasteiger charge is 2.17. The van der Waals surface area contributed by atoms with Crippen molar-refractivity contribution >= 4 is 17.5 Å². The quantitative estimate of drug-likeness (QED) is 0.879. The van der Waals surface area contributed by atoms with Crippen LogP contribution in [0.25, 0.3) is 0 Å². The van der Waals surface area contributed by atoms with Gasteiger partial charge in [0.15, 0.2) is 0 Å². The van der Waals surface area contributed by atoms with Crippen LogP contribution in [0.4, 0.5) is 17.5 Å². The predicted octanol–water partition coefficient (Wildman–Crippen LogP) is 2.10. The minimum absolute atomic E-state index is 0.321. The van der Waals surface area contributed by atoms with Gasteiger partial charge in [0.25, 0.3) is 0 Å². The molecule has 21 heavy (non-hydrogen) atoms. The van der Waals surface area contributed by atoms with Crippen LogP contribution in [0.3, 0.4) is 0 Å². The van der Waals surface area contributed by atoms with E-state index in [-0.39, 0.29) is 0 Å². The van der Waals surface area contributed by atoms with E-state index in [0.29, 0.717) is 5.95 Å². The van der Waals surface area contributed by atoms with Crippen molar-refractivity contribution in [3.63, 3.8) is 0 Å². The Labute approximate surface area is 125 Å². The first-order valence-electron chi connectivity index (χ1n) is 7.46. The van der Waals surface area contributed by atoms with Crippen molar-refractivity contribution in [2.45, 2.75) is 19.8 Å². The molecule has 0 aliphatic carbocycles. The van der Waals surface area contributed by atoms with Gasteiger partial charge in [-0.05, 0) is 24.5 Å². The summed E-state index contributed by atoms with van der Waals surface area (Å²) in [6.07, 6.45) is 3.84. The highest BCUT2D eigenvalue weighted by molar-refractivity contribution is 5.58. The van der Waals surface area contributed by atoms with Gasteiger partial charge >= 0.3 is 0 Å². The summed E-state index contributed by atoms with van der Waals surface area (Å²) in [7, 11) is 0. The molecule has 3 rings (SSSR count). The standard InChI is InChI=1S/C16H21N5/c1-2-12-11-19-16(17)20-15(12)18-8-10-21-9-7-13-5-3-4-6-14(13)21/h3-6,11H,2,7-10H2,1H3,(H3,17,18,19,20). The molecule has 1 aliphatic heterocycles. The summed E-state index contributed by atoms with van der Waals surface area (Å²) in [5.41, 5.74) is 9.57. The predicted molar refractivity (Wildman–Crippen MR) is 86.7 cm³/mol. The zero-order valence-electron chi connectivity index (χ0n) is 12.3. The van der Waals surface area contributed by atoms with Crippen LogP contribution in [-0.2, 0) is 12.8 Å². The number of benzene rings is 1. The number of nitrogen functional groups attached to an aromatic ring is 1. The van der Waals surface area contributed by atoms with Gasteiger partial charge in [0.05, 0.1) is 0 Å². The highest BCUT2D eigenvalue weighted by atomic mass is 15.2. The molecule has 5 heteroatoms. The number of fused-ring (bicyclic) bond motifs is 1. The molecule has 0 saturated carbocycles. The number of aryl methyl sites for hydroxylation is 1. The molecule has 0 amide bonds. The number of anilines is 3. The maximum atomic E-state index is 5.67. The third-order valence-corrected chi connectivity index (χ3v) is 3.92. The number of rotatable bonds is 5. The van der Waals surface area contributed by atoms with Crippen LogP contribution in [0.15, 0.2) is 30.5 Å². The number of nitrogens with one attached hydrogen (secondary N) is 1. The maximum Gasteiger partial charge on any atom is 0.221 e. The minimum atomic E-state index is 0.321. The molecule has 0 fully saturated rings. The van der Waals surface area contributed by atoms with Crippen LogP contribution in [0.1, 0.15) is 18.1 Å². The average molecular weight is 283 g/mol. The molecule has 0 atom stereocenters. The lowest BCUT2D eigenvalue weighted by molar-refractivity contribution is 0.835. The molecule has 0 radical (unpaired) electrons. The molecular formula is C16H21N5. The van der Waals surface area contributed by atoms with Gasteiger partial charge in [-0.1, -0.05) is 25.1 Å². The van der Waals surface area contributed by atoms with Crippen molar-refractivity contribution in [1.82, 2.24) is 9.97 Å². The van der Waals surface area contributed by atoms with E-state index in [1.165, 1.54) is 11.3 Å². The molecule has 5 nitrogen and oxygen atoms in total. The zero-order chi connectivity index (χ0) is 14.7. The lowest BCUT2D eigenvalue weighted by atomic mass is 10.2. The molecule has 110 valence electrons. The first-order chi connectivity index (χ1) is 10.3. The van der Waals surface area contributed by atoms with Crippen molar-refractivity contribution in [2.24, 2.45) is 0 Å². The maximum absolute atomic E-state index is 5.67. The van der Waals surface area contributed by atoms with Crippen molar-refractivity contribution < 1.29 is 0 Å². The number of para-hydroxylation sites is 1. The number of hydrogen-bond acceptors (Lipinski definition) is 5. The van der Waals surface area contributed by atoms with Gasteiger partial charge in [0.2, 0.25) is 5.95 Å². The first kappa shape index (κ1) is 13.7. The van der Waals surface area contributed by atoms with Crippen LogP contribution in [0.5, 0.6) is 0 Å². The van der Waals surface area contributed by atoms with Gasteiger partial charge in [-0.3, -0.25) is 0 Å². The molecule has 2 heterocycles. The fraction of sp³-hybridized carbons (Fsp3) is 0.375. The Morgan fingerprint density at radius 3 is 3.05 bits per heavy atom. The van der Waals surface area contributed by atoms with Gasteiger partial charge in [-0.15, -0.1) is 0 Å². The first-order valence-corrected chi connectivity index (χ1v) is 7.46. The van der Waals surface area contributed by atoms with Crippen molar-refractivity contribution in [1.29, 1.82) is 0 Å². The zero-order valence-corrected chi connectivity index (χ0v) is 12.3. The molecule has 3 N–H and O–H groups in total. The molecule has 2 aromatic rings. The summed E-state index contributed by atoms with van der Waals surface area (Å²) >= 11 is 0. The van der Waals surface area contributed by atoms with E-state index in [4.69, 9.17) is 5.73 Å². The van der Waals surface area contributed by atoms with E-state index < -0.39 is 0 Å². The van der Waals surface area contributed by atoms with E-state index in [0.717, 1.165) is 43.9 Å². The fourth-order valence-corrected chi connectivity index (χ4v) is 2.78. The van der Waals surface area contributed by atoms with Crippen LogP contribution in [0.2, 0.25) is 0 Å². The number of aromatic nitrogens is 2. The summed E-state index contributed by atoms with van der Waals surface area (Å²) < 4.78 is 0. The Hall–Kier alpha value is -2.30. The lowest BCUT2D eigenvalue weighted by Gasteiger charge is -2.20. The summed E-state index contributed by atoms with van der Waals surface area (Å²) in [4.78, 5) is 10.7. The van der Waals surface area contributed by atoms with Crippen molar-refractivity contribution in [3.8, 4) is 0 Å². The minimum Gasteiger partial charge on any atom is -0.369 e. The molecule has 1 aliphatic rings. The van der Waals surface area contributed by atoms with Gasteiger partial charge in [-0.25, -0.2) is 4.98 Å². The number of nitrogens with zero attached hydrogens (tertiary/aromatic N) is 3. The van der Waals surface area contributed by atoms with Crippen LogP contribution >= 0.6 is 0 Å². The topological polar surface area (TPSA) is 67.1 Å². The Kier molecular flexibility index (Phi) is 3.90. The number of nitrogens with two attached hydrogens (primary N) is 1. The Morgan fingerprint density at radius 2 is 2.19 bits per heavy atom. The van der Waals surface area contributed by atoms with E-state index in [1.54, 1.807) is 6.20 Å². The third kappa shape index (κ3) is 2.91. The molecule has 1 aromatic heterocycles. The van der Waals surface area contributed by atoms with Crippen molar-refractivity contribution in [3.05, 3.63) is 41.6 Å². The van der Waals surface area contributed by atoms with E-state index in [9.17, 15) is 0 Å². The monoisotopic (exact) mass is 283 g/mol. The summed E-state index contributed by atoms with van der Waals surface area (Å²) in [5.74, 6) is 1.18. The van der Waals surface area contributed by atoms with Gasteiger partial charge in [0.1, 0.15) is 5.82 Å². The van der Waals surface area contributed by atoms with E-state index >= 15 is 0 Å². The Bertz CT molecular complexity index is 626. The van der Waals surface area contributed by atoms with Crippen LogP contribution < -0.4 is 16.0 Å². The van der Waals surface area contributed by atoms with Crippen LogP contribution in [0, 0.1) is 0 Å². The smallest absolute Gasteiger partial charge is 0.221 e. The van der Waals surface area contributed by atoms with Crippen molar-refractivity contribution in [2.75, 3.05) is 35.6 Å². The summed E-state index contributed by atoms with van der Waals surface area (Å²) in [6.45, 7) is 4.99. The lowest BCUT2D eigenvalue weighted by Crippen LogP contribution is -2.27. The second-order valence-electron chi connectivity index (χ2n) is 5.25. The van der Waals surface area contributed by atoms with Gasteiger partial charge in [0, 0.05) is 37.1 Å². The Balaban J connectivity index is 1.61. The van der Waals surface area contributed by atoms with Gasteiger partial charge < -0.3 is 16.0 Å². The van der Waals surface area contributed by atoms with E-state index in [1.807, 2.05) is 0 Å². The summed E-state index contributed by atoms with van der Waals surface area (Å²) in [6, 6.07) is 8.62. The molecule has 0 spiro atoms. The molecule has 0 saturated heterocycles. The molecule has 0 bridgehead atoms. The largest absolute Gasteiger partial charge is 0.369 e. The second-order valence-corrected chi connectivity index (χ2v) is 5.25. The molecule has 0 unspecified atom stereocenters. The summed E-state index contributed by atoms with van der Waals surface area (Å²) in [5, 5.41) is 3.39. The Morgan fingerprint density at radius 1 is 1.33 bits per heavy atom. The number of hydrogen-bond donors (Lipinski definition) is 2. The third-order valence-electron chi connectivity index (χ3n) is 3.92. The fourth-order valence-electron chi connectivity index (χ4n) is 2.78. The van der Waals surface area contributed by atoms with Crippen LogP contribution in [-0.4, -0.2) is 29.6 Å². The van der Waals surface area contributed by atoms with E-state index in [2.05, 4.69) is 51.4 Å². The van der Waals surface area contributed by atoms with Gasteiger partial charge in [-0.2, -0.15) is 4.98 Å². The molecule has 1 aromatic carbocycles. The average Bonchev–Trinajstić information content (AvgIpc) is 2.91. The normalized spacial score (nSPS) is 13.3. The SMILES string of the molecule is CCc1cnc(N)nc1NCCN1CCc2ccccc21. The highest BCUT2D eigenvalue weighted by Crippen LogP contribution is 2.26. The second kappa shape index (κ2) is 5.99. The molecular weight excluding hydrogens is 262 g/mol.